The zero-order valence-electron chi connectivity index (χ0n) is 11.2. The van der Waals surface area contributed by atoms with Gasteiger partial charge in [0.15, 0.2) is 0 Å². The molecule has 0 unspecified atom stereocenters. The third-order valence-electron chi connectivity index (χ3n) is 3.04. The maximum Gasteiger partial charge on any atom is 0.293 e. The lowest BCUT2D eigenvalue weighted by Gasteiger charge is -2.09. The van der Waals surface area contributed by atoms with Gasteiger partial charge in [0.2, 0.25) is 0 Å². The molecule has 106 valence electrons. The van der Waals surface area contributed by atoms with Crippen molar-refractivity contribution in [2.75, 3.05) is 5.43 Å². The van der Waals surface area contributed by atoms with E-state index < -0.39 is 4.92 Å². The molecule has 3 N–H and O–H groups in total. The largest absolute Gasteiger partial charge is 0.331 e. The molecule has 2 aromatic rings. The monoisotopic (exact) mass is 275 g/mol. The molecule has 0 fully saturated rings. The van der Waals surface area contributed by atoms with Gasteiger partial charge in [0.05, 0.1) is 4.92 Å². The molecular weight excluding hydrogens is 258 g/mol. The molecule has 2 rings (SSSR count). The summed E-state index contributed by atoms with van der Waals surface area (Å²) in [5, 5.41) is 10.8. The number of nitro benzene ring substituents is 1. The number of nitrogens with two attached hydrogens (primary N) is 1. The second-order valence-electron chi connectivity index (χ2n) is 4.47. The number of imidazole rings is 1. The van der Waals surface area contributed by atoms with E-state index in [1.54, 1.807) is 18.3 Å². The molecule has 1 aromatic carbocycles. The number of aryl methyl sites for hydroxylation is 1. The Morgan fingerprint density at radius 2 is 2.30 bits per heavy atom. The summed E-state index contributed by atoms with van der Waals surface area (Å²) in [4.78, 5) is 14.7. The Morgan fingerprint density at radius 3 is 2.95 bits per heavy atom. The molecule has 0 radical (unpaired) electrons. The summed E-state index contributed by atoms with van der Waals surface area (Å²) in [5.74, 6) is 6.34. The Balaban J connectivity index is 2.25. The smallest absolute Gasteiger partial charge is 0.293 e. The van der Waals surface area contributed by atoms with Gasteiger partial charge in [0.25, 0.3) is 5.69 Å². The number of nitrogen functional groups attached to an aromatic ring is 1. The number of nitrogens with zero attached hydrogens (tertiary/aromatic N) is 3. The number of aromatic nitrogens is 2. The highest BCUT2D eigenvalue weighted by Crippen LogP contribution is 2.25. The first-order chi connectivity index (χ1) is 9.65. The normalized spacial score (nSPS) is 10.5. The van der Waals surface area contributed by atoms with E-state index in [1.807, 2.05) is 10.8 Å². The fraction of sp³-hybridized carbons (Fsp3) is 0.308. The maximum absolute atomic E-state index is 10.8. The fourth-order valence-corrected chi connectivity index (χ4v) is 2.09. The highest BCUT2D eigenvalue weighted by molar-refractivity contribution is 5.62. The first kappa shape index (κ1) is 14.0. The molecule has 0 aliphatic carbocycles. The zero-order valence-corrected chi connectivity index (χ0v) is 11.2. The van der Waals surface area contributed by atoms with Gasteiger partial charge in [0.1, 0.15) is 11.5 Å². The first-order valence-corrected chi connectivity index (χ1v) is 6.39. The van der Waals surface area contributed by atoms with E-state index in [0.717, 1.165) is 24.2 Å². The summed E-state index contributed by atoms with van der Waals surface area (Å²) in [6.07, 6.45) is 5.59. The molecule has 0 amide bonds. The van der Waals surface area contributed by atoms with Crippen LogP contribution in [0.4, 0.5) is 11.4 Å². The minimum absolute atomic E-state index is 0.0318. The second-order valence-corrected chi connectivity index (χ2v) is 4.47. The van der Waals surface area contributed by atoms with Crippen LogP contribution < -0.4 is 11.3 Å². The summed E-state index contributed by atoms with van der Waals surface area (Å²) in [7, 11) is 0. The third kappa shape index (κ3) is 2.94. The van der Waals surface area contributed by atoms with Crippen molar-refractivity contribution in [3.05, 3.63) is 52.1 Å². The fourth-order valence-electron chi connectivity index (χ4n) is 2.09. The standard InChI is InChI=1S/C13H17N5O2/c1-2-3-13-15-6-7-17(13)9-10-4-5-12(18(19)20)11(8-10)16-14/h4-8,16H,2-3,9,14H2,1H3. The van der Waals surface area contributed by atoms with Crippen molar-refractivity contribution < 1.29 is 4.92 Å². The number of nitro groups is 1. The lowest BCUT2D eigenvalue weighted by Crippen LogP contribution is -2.10. The quantitative estimate of drug-likeness (QED) is 0.477. The van der Waals surface area contributed by atoms with Gasteiger partial charge in [-0.05, 0) is 18.1 Å². The minimum atomic E-state index is -0.460. The molecular formula is C13H17N5O2. The highest BCUT2D eigenvalue weighted by atomic mass is 16.6. The van der Waals surface area contributed by atoms with Crippen molar-refractivity contribution in [3.63, 3.8) is 0 Å². The summed E-state index contributed by atoms with van der Waals surface area (Å²) in [6.45, 7) is 2.71. The number of anilines is 1. The molecule has 7 heteroatoms. The summed E-state index contributed by atoms with van der Waals surface area (Å²) in [6, 6.07) is 4.88. The topological polar surface area (TPSA) is 99.0 Å². The van der Waals surface area contributed by atoms with Crippen LogP contribution in [0.3, 0.4) is 0 Å². The van der Waals surface area contributed by atoms with Crippen LogP contribution >= 0.6 is 0 Å². The molecule has 0 bridgehead atoms. The maximum atomic E-state index is 10.8. The van der Waals surface area contributed by atoms with Crippen LogP contribution in [0.1, 0.15) is 24.7 Å². The zero-order chi connectivity index (χ0) is 14.5. The SMILES string of the molecule is CCCc1nccn1Cc1ccc([N+](=O)[O-])c(NN)c1. The minimum Gasteiger partial charge on any atom is -0.331 e. The van der Waals surface area contributed by atoms with Crippen molar-refractivity contribution in [2.45, 2.75) is 26.3 Å². The van der Waals surface area contributed by atoms with Crippen molar-refractivity contribution in [2.24, 2.45) is 5.84 Å². The van der Waals surface area contributed by atoms with E-state index in [4.69, 9.17) is 5.84 Å². The lowest BCUT2D eigenvalue weighted by atomic mass is 10.1. The molecule has 0 spiro atoms. The molecule has 0 saturated carbocycles. The van der Waals surface area contributed by atoms with Crippen molar-refractivity contribution in [3.8, 4) is 0 Å². The summed E-state index contributed by atoms with van der Waals surface area (Å²) >= 11 is 0. The molecule has 1 heterocycles. The van der Waals surface area contributed by atoms with Crippen molar-refractivity contribution in [1.29, 1.82) is 0 Å². The number of benzene rings is 1. The average molecular weight is 275 g/mol. The van der Waals surface area contributed by atoms with Gasteiger partial charge in [0, 0.05) is 31.4 Å². The predicted molar refractivity (Wildman–Crippen MR) is 76.2 cm³/mol. The highest BCUT2D eigenvalue weighted by Gasteiger charge is 2.13. The van der Waals surface area contributed by atoms with E-state index in [9.17, 15) is 10.1 Å². The van der Waals surface area contributed by atoms with Crippen LogP contribution in [-0.2, 0) is 13.0 Å². The van der Waals surface area contributed by atoms with E-state index in [-0.39, 0.29) is 5.69 Å². The number of hydrazine groups is 1. The van der Waals surface area contributed by atoms with Gasteiger partial charge in [-0.25, -0.2) is 4.98 Å². The molecule has 0 atom stereocenters. The molecule has 0 aliphatic rings. The van der Waals surface area contributed by atoms with Crippen LogP contribution in [0.25, 0.3) is 0 Å². The molecule has 7 nitrogen and oxygen atoms in total. The number of hydrogen-bond acceptors (Lipinski definition) is 5. The van der Waals surface area contributed by atoms with Crippen LogP contribution in [0.5, 0.6) is 0 Å². The summed E-state index contributed by atoms with van der Waals surface area (Å²) < 4.78 is 2.03. The first-order valence-electron chi connectivity index (χ1n) is 6.39. The van der Waals surface area contributed by atoms with Gasteiger partial charge in [-0.3, -0.25) is 16.0 Å². The van der Waals surface area contributed by atoms with Crippen LogP contribution in [0.15, 0.2) is 30.6 Å². The van der Waals surface area contributed by atoms with Gasteiger partial charge >= 0.3 is 0 Å². The Kier molecular flexibility index (Phi) is 4.31. The van der Waals surface area contributed by atoms with Crippen LogP contribution in [0, 0.1) is 10.1 Å². The molecule has 1 aromatic heterocycles. The predicted octanol–water partition coefficient (Wildman–Crippen LogP) is 2.08. The Hall–Kier alpha value is -2.41. The molecule has 0 saturated heterocycles. The van der Waals surface area contributed by atoms with E-state index in [2.05, 4.69) is 17.3 Å². The van der Waals surface area contributed by atoms with Gasteiger partial charge in [-0.15, -0.1) is 0 Å². The third-order valence-corrected chi connectivity index (χ3v) is 3.04. The average Bonchev–Trinajstić information content (AvgIpc) is 2.86. The number of rotatable bonds is 6. The molecule has 0 aliphatic heterocycles. The molecule has 20 heavy (non-hydrogen) atoms. The van der Waals surface area contributed by atoms with Crippen molar-refractivity contribution in [1.82, 2.24) is 9.55 Å². The van der Waals surface area contributed by atoms with Crippen LogP contribution in [-0.4, -0.2) is 14.5 Å². The van der Waals surface area contributed by atoms with Gasteiger partial charge in [-0.1, -0.05) is 13.0 Å². The Morgan fingerprint density at radius 1 is 1.50 bits per heavy atom. The van der Waals surface area contributed by atoms with E-state index in [0.29, 0.717) is 12.2 Å². The van der Waals surface area contributed by atoms with Crippen molar-refractivity contribution >= 4 is 11.4 Å². The van der Waals surface area contributed by atoms with Gasteiger partial charge in [-0.2, -0.15) is 0 Å². The second kappa shape index (κ2) is 6.16. The lowest BCUT2D eigenvalue weighted by molar-refractivity contribution is -0.384. The number of hydrogen-bond donors (Lipinski definition) is 2. The van der Waals surface area contributed by atoms with E-state index >= 15 is 0 Å². The Bertz CT molecular complexity index is 609. The van der Waals surface area contributed by atoms with E-state index in [1.165, 1.54) is 6.07 Å². The Labute approximate surface area is 116 Å². The van der Waals surface area contributed by atoms with Crippen LogP contribution in [0.2, 0.25) is 0 Å². The number of nitrogens with one attached hydrogen (secondary N) is 1. The van der Waals surface area contributed by atoms with Gasteiger partial charge < -0.3 is 9.99 Å². The summed E-state index contributed by atoms with van der Waals surface area (Å²) in [5.41, 5.74) is 3.58.